The fourth-order valence-electron chi connectivity index (χ4n) is 0.859. The van der Waals surface area contributed by atoms with Gasteiger partial charge in [0.15, 0.2) is 0 Å². The standard InChI is InChI=1S/C8H11FN2/c1-11(2)6-8-5-7(9)3-4-10-8/h3-5H,6H2,1-2H3. The molecule has 3 heteroatoms. The minimum Gasteiger partial charge on any atom is -0.304 e. The van der Waals surface area contributed by atoms with Crippen molar-refractivity contribution in [2.75, 3.05) is 14.1 Å². The van der Waals surface area contributed by atoms with Crippen LogP contribution in [0.1, 0.15) is 5.69 Å². The molecule has 1 heterocycles. The lowest BCUT2D eigenvalue weighted by Crippen LogP contribution is -2.11. The van der Waals surface area contributed by atoms with E-state index < -0.39 is 0 Å². The van der Waals surface area contributed by atoms with Gasteiger partial charge in [0.1, 0.15) is 5.82 Å². The molecule has 0 bridgehead atoms. The van der Waals surface area contributed by atoms with Gasteiger partial charge in [-0.2, -0.15) is 0 Å². The van der Waals surface area contributed by atoms with Crippen molar-refractivity contribution in [3.8, 4) is 0 Å². The SMILES string of the molecule is CN(C)Cc1cc(F)ccn1. The highest BCUT2D eigenvalue weighted by Crippen LogP contribution is 2.00. The van der Waals surface area contributed by atoms with Crippen LogP contribution in [0, 0.1) is 5.82 Å². The van der Waals surface area contributed by atoms with E-state index in [9.17, 15) is 4.39 Å². The number of hydrogen-bond acceptors (Lipinski definition) is 2. The Hall–Kier alpha value is -0.960. The van der Waals surface area contributed by atoms with Crippen LogP contribution >= 0.6 is 0 Å². The number of rotatable bonds is 2. The molecule has 0 fully saturated rings. The predicted octanol–water partition coefficient (Wildman–Crippen LogP) is 1.28. The molecule has 0 aromatic carbocycles. The summed E-state index contributed by atoms with van der Waals surface area (Å²) in [5, 5.41) is 0. The van der Waals surface area contributed by atoms with Crippen molar-refractivity contribution in [2.45, 2.75) is 6.54 Å². The molecule has 0 spiro atoms. The Balaban J connectivity index is 2.71. The van der Waals surface area contributed by atoms with Gasteiger partial charge in [0.25, 0.3) is 0 Å². The first kappa shape index (κ1) is 8.14. The van der Waals surface area contributed by atoms with Gasteiger partial charge in [0.05, 0.1) is 5.69 Å². The van der Waals surface area contributed by atoms with E-state index in [-0.39, 0.29) is 5.82 Å². The average Bonchev–Trinajstić information content (AvgIpc) is 1.85. The lowest BCUT2D eigenvalue weighted by atomic mass is 10.3. The molecule has 0 aliphatic rings. The summed E-state index contributed by atoms with van der Waals surface area (Å²) >= 11 is 0. The van der Waals surface area contributed by atoms with Crippen LogP contribution in [0.2, 0.25) is 0 Å². The number of pyridine rings is 1. The average molecular weight is 154 g/mol. The van der Waals surface area contributed by atoms with Crippen molar-refractivity contribution < 1.29 is 4.39 Å². The first-order chi connectivity index (χ1) is 5.18. The summed E-state index contributed by atoms with van der Waals surface area (Å²) in [6.07, 6.45) is 1.48. The molecule has 11 heavy (non-hydrogen) atoms. The van der Waals surface area contributed by atoms with E-state index in [0.29, 0.717) is 6.54 Å². The van der Waals surface area contributed by atoms with Gasteiger partial charge in [-0.15, -0.1) is 0 Å². The zero-order valence-electron chi connectivity index (χ0n) is 6.71. The van der Waals surface area contributed by atoms with Crippen LogP contribution in [-0.4, -0.2) is 24.0 Å². The number of halogens is 1. The molecule has 0 unspecified atom stereocenters. The lowest BCUT2D eigenvalue weighted by Gasteiger charge is -2.07. The van der Waals surface area contributed by atoms with Gasteiger partial charge < -0.3 is 4.90 Å². The summed E-state index contributed by atoms with van der Waals surface area (Å²) in [6.45, 7) is 0.678. The minimum atomic E-state index is -0.225. The van der Waals surface area contributed by atoms with Crippen LogP contribution in [0.25, 0.3) is 0 Å². The smallest absolute Gasteiger partial charge is 0.126 e. The first-order valence-electron chi connectivity index (χ1n) is 3.43. The number of nitrogens with zero attached hydrogens (tertiary/aromatic N) is 2. The van der Waals surface area contributed by atoms with E-state index in [1.807, 2.05) is 19.0 Å². The second-order valence-corrected chi connectivity index (χ2v) is 2.70. The Kier molecular flexibility index (Phi) is 2.54. The summed E-state index contributed by atoms with van der Waals surface area (Å²) in [5.74, 6) is -0.225. The summed E-state index contributed by atoms with van der Waals surface area (Å²) in [7, 11) is 3.85. The maximum absolute atomic E-state index is 12.6. The zero-order valence-corrected chi connectivity index (χ0v) is 6.71. The van der Waals surface area contributed by atoms with E-state index in [0.717, 1.165) is 5.69 Å². The van der Waals surface area contributed by atoms with Crippen molar-refractivity contribution in [2.24, 2.45) is 0 Å². The second kappa shape index (κ2) is 3.44. The van der Waals surface area contributed by atoms with E-state index >= 15 is 0 Å². The topological polar surface area (TPSA) is 16.1 Å². The molecule has 0 saturated heterocycles. The Morgan fingerprint density at radius 3 is 2.82 bits per heavy atom. The first-order valence-corrected chi connectivity index (χ1v) is 3.43. The highest BCUT2D eigenvalue weighted by atomic mass is 19.1. The molecule has 0 aliphatic carbocycles. The monoisotopic (exact) mass is 154 g/mol. The third-order valence-electron chi connectivity index (χ3n) is 1.26. The fraction of sp³-hybridized carbons (Fsp3) is 0.375. The Morgan fingerprint density at radius 1 is 1.55 bits per heavy atom. The van der Waals surface area contributed by atoms with Gasteiger partial charge in [-0.1, -0.05) is 0 Å². The molecule has 0 amide bonds. The molecule has 0 saturated carbocycles. The Morgan fingerprint density at radius 2 is 2.27 bits per heavy atom. The van der Waals surface area contributed by atoms with Crippen LogP contribution < -0.4 is 0 Å². The number of aromatic nitrogens is 1. The molecule has 2 nitrogen and oxygen atoms in total. The molecule has 0 N–H and O–H groups in total. The van der Waals surface area contributed by atoms with Crippen LogP contribution in [0.15, 0.2) is 18.3 Å². The van der Waals surface area contributed by atoms with Crippen molar-refractivity contribution in [1.29, 1.82) is 0 Å². The minimum absolute atomic E-state index is 0.225. The maximum atomic E-state index is 12.6. The number of hydrogen-bond donors (Lipinski definition) is 0. The largest absolute Gasteiger partial charge is 0.304 e. The molecule has 0 radical (unpaired) electrons. The van der Waals surface area contributed by atoms with E-state index in [1.54, 1.807) is 0 Å². The fourth-order valence-corrected chi connectivity index (χ4v) is 0.859. The lowest BCUT2D eigenvalue weighted by molar-refractivity contribution is 0.395. The third kappa shape index (κ3) is 2.63. The summed E-state index contributed by atoms with van der Waals surface area (Å²) < 4.78 is 12.6. The van der Waals surface area contributed by atoms with Crippen molar-refractivity contribution in [1.82, 2.24) is 9.88 Å². The van der Waals surface area contributed by atoms with Crippen molar-refractivity contribution in [3.63, 3.8) is 0 Å². The van der Waals surface area contributed by atoms with Crippen LogP contribution in [0.4, 0.5) is 4.39 Å². The van der Waals surface area contributed by atoms with E-state index in [4.69, 9.17) is 0 Å². The van der Waals surface area contributed by atoms with E-state index in [2.05, 4.69) is 4.98 Å². The second-order valence-electron chi connectivity index (χ2n) is 2.70. The Labute approximate surface area is 65.7 Å². The van der Waals surface area contributed by atoms with Crippen LogP contribution in [0.3, 0.4) is 0 Å². The van der Waals surface area contributed by atoms with Crippen LogP contribution in [0.5, 0.6) is 0 Å². The molecule has 60 valence electrons. The molecule has 1 aromatic heterocycles. The Bertz CT molecular complexity index is 235. The van der Waals surface area contributed by atoms with Gasteiger partial charge in [0, 0.05) is 12.7 Å². The zero-order chi connectivity index (χ0) is 8.27. The summed E-state index contributed by atoms with van der Waals surface area (Å²) in [4.78, 5) is 5.94. The summed E-state index contributed by atoms with van der Waals surface area (Å²) in [6, 6.07) is 2.79. The van der Waals surface area contributed by atoms with Crippen LogP contribution in [-0.2, 0) is 6.54 Å². The quantitative estimate of drug-likeness (QED) is 0.638. The van der Waals surface area contributed by atoms with Crippen molar-refractivity contribution >= 4 is 0 Å². The maximum Gasteiger partial charge on any atom is 0.126 e. The van der Waals surface area contributed by atoms with Gasteiger partial charge in [-0.3, -0.25) is 4.98 Å². The highest BCUT2D eigenvalue weighted by molar-refractivity contribution is 5.05. The third-order valence-corrected chi connectivity index (χ3v) is 1.26. The van der Waals surface area contributed by atoms with Gasteiger partial charge in [0.2, 0.25) is 0 Å². The highest BCUT2D eigenvalue weighted by Gasteiger charge is 1.96. The molecule has 1 rings (SSSR count). The molecule has 0 aliphatic heterocycles. The van der Waals surface area contributed by atoms with Gasteiger partial charge in [-0.05, 0) is 26.2 Å². The summed E-state index contributed by atoms with van der Waals surface area (Å²) in [5.41, 5.74) is 0.759. The van der Waals surface area contributed by atoms with Gasteiger partial charge in [-0.25, -0.2) is 4.39 Å². The molecular formula is C8H11FN2. The predicted molar refractivity (Wildman–Crippen MR) is 41.6 cm³/mol. The molecule has 1 aromatic rings. The normalized spacial score (nSPS) is 10.5. The molecule has 0 atom stereocenters. The molecular weight excluding hydrogens is 143 g/mol. The van der Waals surface area contributed by atoms with Gasteiger partial charge >= 0.3 is 0 Å². The van der Waals surface area contributed by atoms with E-state index in [1.165, 1.54) is 18.3 Å². The van der Waals surface area contributed by atoms with Crippen molar-refractivity contribution in [3.05, 3.63) is 29.8 Å².